The molecule has 0 unspecified atom stereocenters. The predicted molar refractivity (Wildman–Crippen MR) is 78.4 cm³/mol. The van der Waals surface area contributed by atoms with Crippen molar-refractivity contribution in [1.29, 1.82) is 0 Å². The maximum absolute atomic E-state index is 11.6. The number of hydrogen-bond donors (Lipinski definition) is 3. The minimum absolute atomic E-state index is 0.0380. The summed E-state index contributed by atoms with van der Waals surface area (Å²) in [5, 5.41) is 21.8. The van der Waals surface area contributed by atoms with Gasteiger partial charge in [0.2, 0.25) is 11.0 Å². The fraction of sp³-hybridized carbons (Fsp3) is 0.167. The zero-order valence-electron chi connectivity index (χ0n) is 11.1. The Morgan fingerprint density at radius 1 is 1.57 bits per heavy atom. The van der Waals surface area contributed by atoms with Crippen LogP contribution >= 0.6 is 11.3 Å². The first-order valence-electron chi connectivity index (χ1n) is 5.86. The molecule has 0 aliphatic carbocycles. The van der Waals surface area contributed by atoms with E-state index in [9.17, 15) is 9.90 Å². The number of aromatic nitrogens is 2. The fourth-order valence-electron chi connectivity index (χ4n) is 1.50. The quantitative estimate of drug-likeness (QED) is 0.547. The first kappa shape index (κ1) is 14.7. The van der Waals surface area contributed by atoms with Crippen LogP contribution in [0.15, 0.2) is 23.3 Å². The van der Waals surface area contributed by atoms with Crippen LogP contribution in [0.2, 0.25) is 0 Å². The number of carbonyl (C=O) groups excluding carboxylic acids is 1. The van der Waals surface area contributed by atoms with Crippen molar-refractivity contribution in [3.05, 3.63) is 28.8 Å². The van der Waals surface area contributed by atoms with Gasteiger partial charge in [-0.3, -0.25) is 4.79 Å². The van der Waals surface area contributed by atoms with Gasteiger partial charge in [-0.1, -0.05) is 17.4 Å². The lowest BCUT2D eigenvalue weighted by Gasteiger charge is -2.04. The number of nitrogens with zero attached hydrogens (tertiary/aromatic N) is 3. The second-order valence-electron chi connectivity index (χ2n) is 3.90. The lowest BCUT2D eigenvalue weighted by Crippen LogP contribution is -2.19. The Bertz CT molecular complexity index is 671. The van der Waals surface area contributed by atoms with E-state index in [-0.39, 0.29) is 18.1 Å². The summed E-state index contributed by atoms with van der Waals surface area (Å²) in [4.78, 5) is 11.6. The molecule has 0 aliphatic rings. The van der Waals surface area contributed by atoms with E-state index in [4.69, 9.17) is 10.5 Å². The topological polar surface area (TPSA) is 123 Å². The van der Waals surface area contributed by atoms with E-state index in [1.54, 1.807) is 18.2 Å². The van der Waals surface area contributed by atoms with Crippen molar-refractivity contribution in [1.82, 2.24) is 15.6 Å². The van der Waals surface area contributed by atoms with E-state index >= 15 is 0 Å². The molecule has 21 heavy (non-hydrogen) atoms. The molecule has 0 radical (unpaired) electrons. The van der Waals surface area contributed by atoms with Gasteiger partial charge in [-0.2, -0.15) is 5.10 Å². The highest BCUT2D eigenvalue weighted by Crippen LogP contribution is 2.27. The van der Waals surface area contributed by atoms with Crippen LogP contribution in [0.3, 0.4) is 0 Å². The summed E-state index contributed by atoms with van der Waals surface area (Å²) in [7, 11) is 1.45. The molecule has 0 saturated carbocycles. The third kappa shape index (κ3) is 3.89. The summed E-state index contributed by atoms with van der Waals surface area (Å²) < 4.78 is 4.97. The number of nitrogens with two attached hydrogens (primary N) is 1. The van der Waals surface area contributed by atoms with Gasteiger partial charge >= 0.3 is 0 Å². The van der Waals surface area contributed by atoms with E-state index < -0.39 is 0 Å². The Labute approximate surface area is 124 Å². The number of phenolic OH excluding ortho intramolecular Hbond substituents is 1. The van der Waals surface area contributed by atoms with Crippen LogP contribution in [0.5, 0.6) is 11.5 Å². The Morgan fingerprint density at radius 2 is 2.38 bits per heavy atom. The van der Waals surface area contributed by atoms with Gasteiger partial charge in [-0.25, -0.2) is 5.43 Å². The van der Waals surface area contributed by atoms with Crippen molar-refractivity contribution >= 4 is 28.6 Å². The van der Waals surface area contributed by atoms with Gasteiger partial charge in [-0.05, 0) is 12.1 Å². The Balaban J connectivity index is 1.94. The number of amides is 1. The maximum Gasteiger partial charge on any atom is 0.247 e. The zero-order chi connectivity index (χ0) is 15.2. The first-order valence-corrected chi connectivity index (χ1v) is 6.67. The van der Waals surface area contributed by atoms with Crippen molar-refractivity contribution in [3.63, 3.8) is 0 Å². The van der Waals surface area contributed by atoms with Crippen molar-refractivity contribution < 1.29 is 14.6 Å². The van der Waals surface area contributed by atoms with Crippen molar-refractivity contribution in [2.75, 3.05) is 12.8 Å². The third-order valence-electron chi connectivity index (χ3n) is 2.44. The number of ether oxygens (including phenoxy) is 1. The highest BCUT2D eigenvalue weighted by Gasteiger charge is 2.08. The summed E-state index contributed by atoms with van der Waals surface area (Å²) in [5.74, 6) is -0.0747. The molecule has 0 aliphatic heterocycles. The molecule has 0 atom stereocenters. The molecular weight excluding hydrogens is 294 g/mol. The summed E-state index contributed by atoms with van der Waals surface area (Å²) in [5.41, 5.74) is 8.17. The number of para-hydroxylation sites is 1. The van der Waals surface area contributed by atoms with Crippen molar-refractivity contribution in [3.8, 4) is 11.5 Å². The molecule has 0 bridgehead atoms. The van der Waals surface area contributed by atoms with Gasteiger partial charge in [0.1, 0.15) is 5.01 Å². The number of nitrogens with one attached hydrogen (secondary N) is 1. The van der Waals surface area contributed by atoms with Crippen LogP contribution in [0, 0.1) is 0 Å². The van der Waals surface area contributed by atoms with Crippen LogP contribution in [0.1, 0.15) is 10.6 Å². The van der Waals surface area contributed by atoms with Crippen molar-refractivity contribution in [2.45, 2.75) is 6.42 Å². The largest absolute Gasteiger partial charge is 0.504 e. The van der Waals surface area contributed by atoms with Crippen LogP contribution in [-0.4, -0.2) is 34.5 Å². The highest BCUT2D eigenvalue weighted by molar-refractivity contribution is 7.15. The Hall–Kier alpha value is -2.68. The molecule has 0 spiro atoms. The minimum Gasteiger partial charge on any atom is -0.504 e. The average Bonchev–Trinajstić information content (AvgIpc) is 2.86. The first-order chi connectivity index (χ1) is 10.1. The van der Waals surface area contributed by atoms with Gasteiger partial charge in [0.05, 0.1) is 19.7 Å². The molecule has 1 aromatic carbocycles. The number of rotatable bonds is 5. The van der Waals surface area contributed by atoms with Gasteiger partial charge < -0.3 is 15.6 Å². The number of nitrogen functional groups attached to an aromatic ring is 1. The Morgan fingerprint density at radius 3 is 3.05 bits per heavy atom. The molecule has 0 saturated heterocycles. The summed E-state index contributed by atoms with van der Waals surface area (Å²) in [6.07, 6.45) is 1.36. The SMILES string of the molecule is COc1cccc(C=NNC(=O)Cc2nnc(N)s2)c1O. The number of anilines is 1. The van der Waals surface area contributed by atoms with Gasteiger partial charge in [0.25, 0.3) is 0 Å². The molecular formula is C12H13N5O3S. The minimum atomic E-state index is -0.357. The average molecular weight is 307 g/mol. The van der Waals surface area contributed by atoms with E-state index in [0.29, 0.717) is 21.5 Å². The molecule has 110 valence electrons. The van der Waals surface area contributed by atoms with Crippen LogP contribution in [0.4, 0.5) is 5.13 Å². The molecule has 9 heteroatoms. The molecule has 8 nitrogen and oxygen atoms in total. The zero-order valence-corrected chi connectivity index (χ0v) is 11.9. The monoisotopic (exact) mass is 307 g/mol. The van der Waals surface area contributed by atoms with Crippen LogP contribution < -0.4 is 15.9 Å². The summed E-state index contributed by atoms with van der Waals surface area (Å²) in [6.45, 7) is 0. The molecule has 4 N–H and O–H groups in total. The van der Waals surface area contributed by atoms with E-state index in [1.165, 1.54) is 13.3 Å². The number of hydrogen-bond acceptors (Lipinski definition) is 8. The van der Waals surface area contributed by atoms with E-state index in [0.717, 1.165) is 11.3 Å². The summed E-state index contributed by atoms with van der Waals surface area (Å²) >= 11 is 1.14. The van der Waals surface area contributed by atoms with Crippen LogP contribution in [-0.2, 0) is 11.2 Å². The third-order valence-corrected chi connectivity index (χ3v) is 3.19. The number of aromatic hydroxyl groups is 1. The Kier molecular flexibility index (Phi) is 4.67. The lowest BCUT2D eigenvalue weighted by molar-refractivity contribution is -0.120. The smallest absolute Gasteiger partial charge is 0.247 e. The molecule has 0 fully saturated rings. The van der Waals surface area contributed by atoms with E-state index in [1.807, 2.05) is 0 Å². The fourth-order valence-corrected chi connectivity index (χ4v) is 2.10. The van der Waals surface area contributed by atoms with Gasteiger partial charge in [0, 0.05) is 5.56 Å². The lowest BCUT2D eigenvalue weighted by atomic mass is 10.2. The second kappa shape index (κ2) is 6.66. The normalized spacial score (nSPS) is 10.7. The number of phenols is 1. The van der Waals surface area contributed by atoms with Gasteiger partial charge in [0.15, 0.2) is 11.5 Å². The maximum atomic E-state index is 11.6. The molecule has 2 rings (SSSR count). The number of carbonyl (C=O) groups is 1. The van der Waals surface area contributed by atoms with Gasteiger partial charge in [-0.15, -0.1) is 10.2 Å². The molecule has 1 amide bonds. The van der Waals surface area contributed by atoms with E-state index in [2.05, 4.69) is 20.7 Å². The highest BCUT2D eigenvalue weighted by atomic mass is 32.1. The number of hydrazone groups is 1. The van der Waals surface area contributed by atoms with Crippen molar-refractivity contribution in [2.24, 2.45) is 5.10 Å². The standard InChI is InChI=1S/C12H13N5O3S/c1-20-8-4-2-3-7(11(8)19)6-14-15-9(18)5-10-16-17-12(13)21-10/h2-4,6,19H,5H2,1H3,(H2,13,17)(H,15,18). The summed E-state index contributed by atoms with van der Waals surface area (Å²) in [6, 6.07) is 4.95. The molecule has 1 heterocycles. The number of benzene rings is 1. The number of methoxy groups -OCH3 is 1. The predicted octanol–water partition coefficient (Wildman–Crippen LogP) is 0.527. The second-order valence-corrected chi connectivity index (χ2v) is 5.00. The molecule has 1 aromatic heterocycles. The molecule has 2 aromatic rings. The van der Waals surface area contributed by atoms with Crippen LogP contribution in [0.25, 0.3) is 0 Å².